The van der Waals surface area contributed by atoms with Crippen LogP contribution in [0.2, 0.25) is 0 Å². The van der Waals surface area contributed by atoms with E-state index in [-0.39, 0.29) is 17.9 Å². The monoisotopic (exact) mass is 484 g/mol. The first-order valence-electron chi connectivity index (χ1n) is 11.1. The van der Waals surface area contributed by atoms with E-state index in [1.54, 1.807) is 5.51 Å². The van der Waals surface area contributed by atoms with Crippen LogP contribution in [0.4, 0.5) is 0 Å². The smallest absolute Gasteiger partial charge is 0.263 e. The fourth-order valence-electron chi connectivity index (χ4n) is 3.97. The third-order valence-electron chi connectivity index (χ3n) is 5.88. The van der Waals surface area contributed by atoms with Gasteiger partial charge in [-0.1, -0.05) is 36.0 Å². The van der Waals surface area contributed by atoms with Gasteiger partial charge >= 0.3 is 0 Å². The van der Waals surface area contributed by atoms with Gasteiger partial charge in [0.15, 0.2) is 11.0 Å². The van der Waals surface area contributed by atoms with Crippen molar-refractivity contribution < 1.29 is 9.59 Å². The van der Waals surface area contributed by atoms with Gasteiger partial charge in [0.25, 0.3) is 5.91 Å². The second-order valence-corrected chi connectivity index (χ2v) is 9.85. The zero-order valence-corrected chi connectivity index (χ0v) is 20.7. The molecule has 0 aliphatic carbocycles. The molecule has 0 radical (unpaired) electrons. The largest absolute Gasteiger partial charge is 0.348 e. The second kappa shape index (κ2) is 10.5. The molecule has 2 aromatic heterocycles. The number of aryl methyl sites for hydroxylation is 2. The van der Waals surface area contributed by atoms with E-state index in [1.807, 2.05) is 30.0 Å². The number of nitrogens with one attached hydrogen (secondary N) is 1. The lowest BCUT2D eigenvalue weighted by molar-refractivity contribution is -0.129. The van der Waals surface area contributed by atoms with E-state index in [1.165, 1.54) is 23.1 Å². The lowest BCUT2D eigenvalue weighted by atomic mass is 10.0. The van der Waals surface area contributed by atoms with E-state index < -0.39 is 0 Å². The summed E-state index contributed by atoms with van der Waals surface area (Å²) in [6.07, 6.45) is 1.51. The number of amides is 2. The molecule has 0 saturated carbocycles. The predicted molar refractivity (Wildman–Crippen MR) is 131 cm³/mol. The lowest BCUT2D eigenvalue weighted by Crippen LogP contribution is -2.47. The van der Waals surface area contributed by atoms with Gasteiger partial charge in [-0.3, -0.25) is 9.59 Å². The SMILES string of the molecule is CCn1c(SCC(=O)N2CCC(NC(=O)c3scnc3C)CC2)nnc1-c1ccccc1C. The van der Waals surface area contributed by atoms with Crippen molar-refractivity contribution >= 4 is 34.9 Å². The molecular formula is C23H28N6O2S2. The van der Waals surface area contributed by atoms with Crippen LogP contribution < -0.4 is 5.32 Å². The Morgan fingerprint density at radius 1 is 1.18 bits per heavy atom. The van der Waals surface area contributed by atoms with E-state index in [9.17, 15) is 9.59 Å². The minimum atomic E-state index is -0.0707. The molecule has 2 amide bonds. The molecule has 1 fully saturated rings. The highest BCUT2D eigenvalue weighted by Gasteiger charge is 2.25. The van der Waals surface area contributed by atoms with E-state index in [4.69, 9.17) is 0 Å². The molecule has 1 aromatic carbocycles. The minimum absolute atomic E-state index is 0.0707. The summed E-state index contributed by atoms with van der Waals surface area (Å²) < 4.78 is 2.06. The number of thiazole rings is 1. The summed E-state index contributed by atoms with van der Waals surface area (Å²) in [7, 11) is 0. The van der Waals surface area contributed by atoms with Gasteiger partial charge < -0.3 is 14.8 Å². The molecule has 10 heteroatoms. The topological polar surface area (TPSA) is 93.0 Å². The Morgan fingerprint density at radius 2 is 1.94 bits per heavy atom. The van der Waals surface area contributed by atoms with Crippen LogP contribution >= 0.6 is 23.1 Å². The summed E-state index contributed by atoms with van der Waals surface area (Å²) in [4.78, 5) is 31.9. The number of aromatic nitrogens is 4. The Labute approximate surface area is 201 Å². The molecule has 4 rings (SSSR count). The summed E-state index contributed by atoms with van der Waals surface area (Å²) in [6.45, 7) is 7.97. The van der Waals surface area contributed by atoms with E-state index in [0.29, 0.717) is 23.7 Å². The van der Waals surface area contributed by atoms with Gasteiger partial charge in [-0.05, 0) is 39.2 Å². The van der Waals surface area contributed by atoms with E-state index in [0.717, 1.165) is 47.2 Å². The molecule has 0 spiro atoms. The normalized spacial score (nSPS) is 14.5. The molecule has 33 heavy (non-hydrogen) atoms. The first-order valence-corrected chi connectivity index (χ1v) is 12.9. The average Bonchev–Trinajstić information content (AvgIpc) is 3.44. The summed E-state index contributed by atoms with van der Waals surface area (Å²) >= 11 is 2.79. The fourth-order valence-corrected chi connectivity index (χ4v) is 5.58. The molecule has 8 nitrogen and oxygen atoms in total. The molecule has 1 N–H and O–H groups in total. The number of nitrogens with zero attached hydrogens (tertiary/aromatic N) is 5. The first-order chi connectivity index (χ1) is 16.0. The number of carbonyl (C=O) groups excluding carboxylic acids is 2. The Bertz CT molecular complexity index is 1130. The maximum atomic E-state index is 12.8. The Hall–Kier alpha value is -2.72. The maximum Gasteiger partial charge on any atom is 0.263 e. The van der Waals surface area contributed by atoms with Gasteiger partial charge in [-0.25, -0.2) is 4.98 Å². The minimum Gasteiger partial charge on any atom is -0.348 e. The van der Waals surface area contributed by atoms with Gasteiger partial charge in [-0.15, -0.1) is 21.5 Å². The number of rotatable bonds is 7. The van der Waals surface area contributed by atoms with Crippen LogP contribution in [-0.2, 0) is 11.3 Å². The van der Waals surface area contributed by atoms with Crippen molar-refractivity contribution in [3.05, 3.63) is 45.9 Å². The lowest BCUT2D eigenvalue weighted by Gasteiger charge is -2.32. The van der Waals surface area contributed by atoms with Gasteiger partial charge in [0, 0.05) is 31.2 Å². The number of carbonyl (C=O) groups is 2. The van der Waals surface area contributed by atoms with Crippen molar-refractivity contribution in [3.63, 3.8) is 0 Å². The van der Waals surface area contributed by atoms with Crippen LogP contribution in [-0.4, -0.2) is 61.3 Å². The fraction of sp³-hybridized carbons (Fsp3) is 0.435. The standard InChI is InChI=1S/C23H28N6O2S2/c1-4-29-21(18-8-6-5-7-15(18)2)26-27-23(29)32-13-19(30)28-11-9-17(10-12-28)25-22(31)20-16(3)24-14-33-20/h5-8,14,17H,4,9-13H2,1-3H3,(H,25,31). The Balaban J connectivity index is 1.30. The van der Waals surface area contributed by atoms with Crippen LogP contribution in [0.5, 0.6) is 0 Å². The summed E-state index contributed by atoms with van der Waals surface area (Å²) in [6, 6.07) is 8.19. The summed E-state index contributed by atoms with van der Waals surface area (Å²) in [5, 5.41) is 12.6. The Morgan fingerprint density at radius 3 is 2.61 bits per heavy atom. The van der Waals surface area contributed by atoms with Crippen LogP contribution in [0.15, 0.2) is 34.9 Å². The summed E-state index contributed by atoms with van der Waals surface area (Å²) in [5.41, 5.74) is 4.65. The molecule has 1 saturated heterocycles. The Kier molecular flexibility index (Phi) is 7.44. The number of thioether (sulfide) groups is 1. The highest BCUT2D eigenvalue weighted by atomic mass is 32.2. The highest BCUT2D eigenvalue weighted by Crippen LogP contribution is 2.26. The van der Waals surface area contributed by atoms with Crippen molar-refractivity contribution in [2.45, 2.75) is 51.4 Å². The quantitative estimate of drug-likeness (QED) is 0.516. The third kappa shape index (κ3) is 5.27. The van der Waals surface area contributed by atoms with Crippen LogP contribution in [0.1, 0.15) is 40.7 Å². The van der Waals surface area contributed by atoms with Crippen LogP contribution in [0.25, 0.3) is 11.4 Å². The van der Waals surface area contributed by atoms with E-state index >= 15 is 0 Å². The number of benzene rings is 1. The van der Waals surface area contributed by atoms with Gasteiger partial charge in [0.2, 0.25) is 5.91 Å². The molecule has 3 heterocycles. The molecule has 0 bridgehead atoms. The van der Waals surface area contributed by atoms with Crippen LogP contribution in [0.3, 0.4) is 0 Å². The van der Waals surface area contributed by atoms with Gasteiger partial charge in [-0.2, -0.15) is 0 Å². The second-order valence-electron chi connectivity index (χ2n) is 8.05. The molecule has 0 atom stereocenters. The van der Waals surface area contributed by atoms with Crippen molar-refractivity contribution in [1.29, 1.82) is 0 Å². The zero-order chi connectivity index (χ0) is 23.4. The van der Waals surface area contributed by atoms with Gasteiger partial charge in [0.1, 0.15) is 4.88 Å². The van der Waals surface area contributed by atoms with Crippen molar-refractivity contribution in [1.82, 2.24) is 30.0 Å². The predicted octanol–water partition coefficient (Wildman–Crippen LogP) is 3.55. The third-order valence-corrected chi connectivity index (χ3v) is 7.76. The number of hydrogen-bond acceptors (Lipinski definition) is 7. The number of likely N-dealkylation sites (tertiary alicyclic amines) is 1. The molecule has 174 valence electrons. The maximum absolute atomic E-state index is 12.8. The van der Waals surface area contributed by atoms with Crippen molar-refractivity contribution in [2.24, 2.45) is 0 Å². The molecule has 1 aliphatic rings. The van der Waals surface area contributed by atoms with Crippen molar-refractivity contribution in [2.75, 3.05) is 18.8 Å². The van der Waals surface area contributed by atoms with Crippen molar-refractivity contribution in [3.8, 4) is 11.4 Å². The average molecular weight is 485 g/mol. The van der Waals surface area contributed by atoms with Gasteiger partial charge in [0.05, 0.1) is 17.0 Å². The molecular weight excluding hydrogens is 456 g/mol. The molecule has 1 aliphatic heterocycles. The zero-order valence-electron chi connectivity index (χ0n) is 19.1. The summed E-state index contributed by atoms with van der Waals surface area (Å²) in [5.74, 6) is 1.17. The molecule has 3 aromatic rings. The number of hydrogen-bond donors (Lipinski definition) is 1. The van der Waals surface area contributed by atoms with E-state index in [2.05, 4.69) is 45.0 Å². The van der Waals surface area contributed by atoms with Crippen LogP contribution in [0, 0.1) is 13.8 Å². The molecule has 0 unspecified atom stereocenters. The number of piperidine rings is 1. The highest BCUT2D eigenvalue weighted by molar-refractivity contribution is 7.99. The first kappa shape index (κ1) is 23.4.